The number of rotatable bonds is 0. The van der Waals surface area contributed by atoms with E-state index in [1.165, 1.54) is 0 Å². The zero-order valence-electron chi connectivity index (χ0n) is 6.32. The predicted molar refractivity (Wildman–Crippen MR) is 47.1 cm³/mol. The summed E-state index contributed by atoms with van der Waals surface area (Å²) in [6.45, 7) is 1.81. The Morgan fingerprint density at radius 2 is 2.33 bits per heavy atom. The van der Waals surface area contributed by atoms with E-state index < -0.39 is 0 Å². The molecule has 2 rings (SSSR count). The van der Waals surface area contributed by atoms with Crippen LogP contribution in [0, 0.1) is 6.92 Å². The fraction of sp³-hybridized carbons (Fsp3) is 0.143. The third-order valence-electron chi connectivity index (χ3n) is 1.65. The van der Waals surface area contributed by atoms with E-state index in [-0.39, 0.29) is 5.88 Å². The summed E-state index contributed by atoms with van der Waals surface area (Å²) in [6.07, 6.45) is 3.18. The van der Waals surface area contributed by atoms with Gasteiger partial charge in [0.05, 0.1) is 11.9 Å². The molecular weight excluding hydrogens is 222 g/mol. The van der Waals surface area contributed by atoms with Crippen molar-refractivity contribution < 1.29 is 5.11 Å². The molecule has 62 valence electrons. The molecule has 0 saturated heterocycles. The van der Waals surface area contributed by atoms with Crippen LogP contribution in [0.5, 0.6) is 5.88 Å². The molecule has 5 heteroatoms. The van der Waals surface area contributed by atoms with Gasteiger partial charge in [-0.15, -0.1) is 0 Å². The van der Waals surface area contributed by atoms with Gasteiger partial charge in [0.2, 0.25) is 5.88 Å². The van der Waals surface area contributed by atoms with E-state index in [9.17, 15) is 5.11 Å². The molecule has 0 fully saturated rings. The number of imidazole rings is 1. The lowest BCUT2D eigenvalue weighted by Crippen LogP contribution is -1.92. The summed E-state index contributed by atoms with van der Waals surface area (Å²) >= 11 is 3.34. The van der Waals surface area contributed by atoms with Gasteiger partial charge in [-0.2, -0.15) is 0 Å². The highest BCUT2D eigenvalue weighted by Crippen LogP contribution is 2.22. The van der Waals surface area contributed by atoms with Gasteiger partial charge in [0.1, 0.15) is 16.4 Å². The molecule has 2 aromatic heterocycles. The first-order valence-electron chi connectivity index (χ1n) is 3.37. The lowest BCUT2D eigenvalue weighted by molar-refractivity contribution is 0.455. The monoisotopic (exact) mass is 227 g/mol. The van der Waals surface area contributed by atoms with Gasteiger partial charge >= 0.3 is 0 Å². The summed E-state index contributed by atoms with van der Waals surface area (Å²) in [5.74, 6) is 0.00759. The van der Waals surface area contributed by atoms with Crippen LogP contribution in [0.1, 0.15) is 5.69 Å². The molecule has 0 aliphatic carbocycles. The summed E-state index contributed by atoms with van der Waals surface area (Å²) in [6, 6.07) is 0. The largest absolute Gasteiger partial charge is 0.492 e. The first-order chi connectivity index (χ1) is 5.70. The standard InChI is InChI=1S/C7H6BrN3O/c1-4-6(8)11-3-9-2-5(11)7(12)10-4/h2-3H,1H3,(H,10,12). The van der Waals surface area contributed by atoms with Gasteiger partial charge in [-0.3, -0.25) is 4.40 Å². The van der Waals surface area contributed by atoms with E-state index in [1.54, 1.807) is 16.9 Å². The topological polar surface area (TPSA) is 50.4 Å². The molecule has 0 unspecified atom stereocenters. The van der Waals surface area contributed by atoms with Gasteiger partial charge in [-0.25, -0.2) is 9.97 Å². The van der Waals surface area contributed by atoms with Crippen molar-refractivity contribution in [2.24, 2.45) is 0 Å². The maximum atomic E-state index is 9.37. The second-order valence-electron chi connectivity index (χ2n) is 2.46. The number of fused-ring (bicyclic) bond motifs is 1. The van der Waals surface area contributed by atoms with Crippen LogP contribution in [0.15, 0.2) is 17.1 Å². The van der Waals surface area contributed by atoms with Crippen LogP contribution < -0.4 is 0 Å². The van der Waals surface area contributed by atoms with E-state index in [0.717, 1.165) is 10.3 Å². The highest BCUT2D eigenvalue weighted by atomic mass is 79.9. The number of hydrogen-bond donors (Lipinski definition) is 1. The van der Waals surface area contributed by atoms with Gasteiger partial charge in [0.15, 0.2) is 0 Å². The smallest absolute Gasteiger partial charge is 0.237 e. The molecule has 0 radical (unpaired) electrons. The summed E-state index contributed by atoms with van der Waals surface area (Å²) < 4.78 is 2.55. The second-order valence-corrected chi connectivity index (χ2v) is 3.21. The minimum atomic E-state index is 0.00759. The van der Waals surface area contributed by atoms with Gasteiger partial charge in [-0.1, -0.05) is 0 Å². The van der Waals surface area contributed by atoms with Crippen molar-refractivity contribution in [3.8, 4) is 5.88 Å². The molecule has 0 aliphatic heterocycles. The Hall–Kier alpha value is -1.10. The summed E-state index contributed by atoms with van der Waals surface area (Å²) in [4.78, 5) is 7.82. The van der Waals surface area contributed by atoms with E-state index in [2.05, 4.69) is 25.9 Å². The van der Waals surface area contributed by atoms with Crippen molar-refractivity contribution in [3.63, 3.8) is 0 Å². The minimum Gasteiger partial charge on any atom is -0.492 e. The molecule has 0 spiro atoms. The molecule has 4 nitrogen and oxygen atoms in total. The summed E-state index contributed by atoms with van der Waals surface area (Å²) in [5, 5.41) is 9.37. The molecule has 0 aliphatic rings. The normalized spacial score (nSPS) is 10.8. The van der Waals surface area contributed by atoms with Gasteiger partial charge in [0, 0.05) is 0 Å². The number of aromatic hydroxyl groups is 1. The van der Waals surface area contributed by atoms with Gasteiger partial charge in [-0.05, 0) is 22.9 Å². The zero-order chi connectivity index (χ0) is 8.72. The van der Waals surface area contributed by atoms with Crippen molar-refractivity contribution in [3.05, 3.63) is 22.8 Å². The fourth-order valence-electron chi connectivity index (χ4n) is 1.05. The van der Waals surface area contributed by atoms with Crippen LogP contribution in [0.25, 0.3) is 5.52 Å². The quantitative estimate of drug-likeness (QED) is 0.743. The molecule has 0 aromatic carbocycles. The highest BCUT2D eigenvalue weighted by Gasteiger charge is 2.07. The Morgan fingerprint density at radius 1 is 1.58 bits per heavy atom. The Balaban J connectivity index is 2.97. The Morgan fingerprint density at radius 3 is 3.08 bits per heavy atom. The average molecular weight is 228 g/mol. The molecule has 0 bridgehead atoms. The van der Waals surface area contributed by atoms with Crippen molar-refractivity contribution in [2.45, 2.75) is 6.92 Å². The number of nitrogens with zero attached hydrogens (tertiary/aromatic N) is 3. The fourth-order valence-corrected chi connectivity index (χ4v) is 1.42. The molecule has 0 atom stereocenters. The molecule has 2 heterocycles. The maximum absolute atomic E-state index is 9.37. The Labute approximate surface area is 77.0 Å². The summed E-state index contributed by atoms with van der Waals surface area (Å²) in [7, 11) is 0. The Bertz CT molecular complexity index is 437. The van der Waals surface area contributed by atoms with Crippen LogP contribution in [0.4, 0.5) is 0 Å². The van der Waals surface area contributed by atoms with Crippen molar-refractivity contribution in [2.75, 3.05) is 0 Å². The van der Waals surface area contributed by atoms with E-state index >= 15 is 0 Å². The molecular formula is C7H6BrN3O. The number of aromatic nitrogens is 3. The van der Waals surface area contributed by atoms with Crippen molar-refractivity contribution in [1.29, 1.82) is 0 Å². The van der Waals surface area contributed by atoms with Crippen molar-refractivity contribution >= 4 is 21.4 Å². The second kappa shape index (κ2) is 2.45. The van der Waals surface area contributed by atoms with Crippen LogP contribution in [-0.2, 0) is 0 Å². The summed E-state index contributed by atoms with van der Waals surface area (Å²) in [5.41, 5.74) is 1.34. The lowest BCUT2D eigenvalue weighted by atomic mass is 10.4. The van der Waals surface area contributed by atoms with Crippen molar-refractivity contribution in [1.82, 2.24) is 14.4 Å². The predicted octanol–water partition coefficient (Wildman–Crippen LogP) is 1.51. The van der Waals surface area contributed by atoms with Crippen LogP contribution in [-0.4, -0.2) is 19.5 Å². The maximum Gasteiger partial charge on any atom is 0.237 e. The Kier molecular flexibility index (Phi) is 1.54. The number of hydrogen-bond acceptors (Lipinski definition) is 3. The van der Waals surface area contributed by atoms with E-state index in [4.69, 9.17) is 0 Å². The third kappa shape index (κ3) is 0.896. The first kappa shape index (κ1) is 7.54. The minimum absolute atomic E-state index is 0.00759. The van der Waals surface area contributed by atoms with Gasteiger partial charge < -0.3 is 5.11 Å². The van der Waals surface area contributed by atoms with Crippen LogP contribution in [0.3, 0.4) is 0 Å². The molecule has 1 N–H and O–H groups in total. The molecule has 2 aromatic rings. The average Bonchev–Trinajstić information content (AvgIpc) is 2.48. The molecule has 12 heavy (non-hydrogen) atoms. The first-order valence-corrected chi connectivity index (χ1v) is 4.16. The SMILES string of the molecule is Cc1nc(O)c2cncn2c1Br. The van der Waals surface area contributed by atoms with E-state index in [0.29, 0.717) is 5.52 Å². The molecule has 0 amide bonds. The van der Waals surface area contributed by atoms with Crippen LogP contribution >= 0.6 is 15.9 Å². The number of aryl methyl sites for hydroxylation is 1. The van der Waals surface area contributed by atoms with Gasteiger partial charge in [0.25, 0.3) is 0 Å². The van der Waals surface area contributed by atoms with Crippen LogP contribution in [0.2, 0.25) is 0 Å². The van der Waals surface area contributed by atoms with E-state index in [1.807, 2.05) is 6.92 Å². The highest BCUT2D eigenvalue weighted by molar-refractivity contribution is 9.10. The number of halogens is 1. The third-order valence-corrected chi connectivity index (χ3v) is 2.61. The zero-order valence-corrected chi connectivity index (χ0v) is 7.91. The molecule has 0 saturated carbocycles. The lowest BCUT2D eigenvalue weighted by Gasteiger charge is -2.02.